The first-order chi connectivity index (χ1) is 7.54. The van der Waals surface area contributed by atoms with E-state index in [2.05, 4.69) is 42.1 Å². The topological polar surface area (TPSA) is 39.9 Å². The molecule has 0 spiro atoms. The molecule has 86 valence electrons. The molecule has 0 atom stereocenters. The number of hydrogen-bond acceptors (Lipinski definition) is 3. The highest BCUT2D eigenvalue weighted by Crippen LogP contribution is 2.13. The molecule has 0 aliphatic heterocycles. The zero-order valence-electron chi connectivity index (χ0n) is 10.2. The molecule has 5 heteroatoms. The first kappa shape index (κ1) is 11.3. The van der Waals surface area contributed by atoms with Crippen molar-refractivity contribution in [3.05, 3.63) is 18.2 Å². The van der Waals surface area contributed by atoms with Gasteiger partial charge in [0.25, 0.3) is 0 Å². The van der Waals surface area contributed by atoms with Crippen molar-refractivity contribution in [2.45, 2.75) is 26.4 Å². The Balaban J connectivity index is 2.62. The molecule has 0 N–H and O–H groups in total. The van der Waals surface area contributed by atoms with Crippen molar-refractivity contribution in [3.63, 3.8) is 0 Å². The fourth-order valence-electron chi connectivity index (χ4n) is 1.81. The maximum absolute atomic E-state index is 5.09. The fourth-order valence-corrected chi connectivity index (χ4v) is 3.30. The van der Waals surface area contributed by atoms with E-state index in [0.29, 0.717) is 6.73 Å². The van der Waals surface area contributed by atoms with Crippen LogP contribution in [0, 0.1) is 0 Å². The summed E-state index contributed by atoms with van der Waals surface area (Å²) in [6.07, 6.45) is 0. The van der Waals surface area contributed by atoms with Gasteiger partial charge in [-0.15, -0.1) is 5.10 Å². The Kier molecular flexibility index (Phi) is 2.81. The predicted octanol–water partition coefficient (Wildman–Crippen LogP) is 1.58. The molecule has 0 bridgehead atoms. The maximum atomic E-state index is 5.09. The first-order valence-electron chi connectivity index (χ1n) is 5.35. The van der Waals surface area contributed by atoms with Gasteiger partial charge in [0.05, 0.1) is 13.6 Å². The number of benzene rings is 1. The normalized spacial score (nSPS) is 12.2. The number of fused-ring (bicyclic) bond motifs is 1. The lowest BCUT2D eigenvalue weighted by atomic mass is 10.3. The molecule has 1 aromatic carbocycles. The van der Waals surface area contributed by atoms with E-state index in [-0.39, 0.29) is 0 Å². The van der Waals surface area contributed by atoms with E-state index in [0.717, 1.165) is 11.0 Å². The Hall–Kier alpha value is -1.20. The molecule has 0 unspecified atom stereocenters. The molecular weight excluding hydrogens is 218 g/mol. The van der Waals surface area contributed by atoms with Gasteiger partial charge in [0.1, 0.15) is 12.2 Å². The van der Waals surface area contributed by atoms with Crippen molar-refractivity contribution in [2.75, 3.05) is 7.11 Å². The Bertz CT molecular complexity index is 501. The summed E-state index contributed by atoms with van der Waals surface area (Å²) in [5.74, 6) is 0. The molecule has 0 fully saturated rings. The standard InChI is InChI=1S/C11H17N3OSi/c1-15-8-14-9-6-5-7-10(16(2,3)4)11(9)12-13-14/h5-7H,8H2,1-4H3. The van der Waals surface area contributed by atoms with Crippen LogP contribution in [0.3, 0.4) is 0 Å². The molecule has 16 heavy (non-hydrogen) atoms. The van der Waals surface area contributed by atoms with Crippen LogP contribution in [-0.4, -0.2) is 30.2 Å². The minimum absolute atomic E-state index is 0.450. The molecular formula is C11H17N3OSi. The second kappa shape index (κ2) is 3.99. The van der Waals surface area contributed by atoms with Gasteiger partial charge in [-0.05, 0) is 11.3 Å². The number of nitrogens with zero attached hydrogens (tertiary/aromatic N) is 3. The van der Waals surface area contributed by atoms with Crippen LogP contribution in [0.5, 0.6) is 0 Å². The maximum Gasteiger partial charge on any atom is 0.141 e. The van der Waals surface area contributed by atoms with E-state index < -0.39 is 8.07 Å². The summed E-state index contributed by atoms with van der Waals surface area (Å²) in [6, 6.07) is 6.28. The molecule has 0 saturated heterocycles. The molecule has 0 saturated carbocycles. The highest BCUT2D eigenvalue weighted by Gasteiger charge is 2.21. The lowest BCUT2D eigenvalue weighted by molar-refractivity contribution is 0.122. The lowest BCUT2D eigenvalue weighted by Gasteiger charge is -2.16. The van der Waals surface area contributed by atoms with E-state index in [4.69, 9.17) is 4.74 Å². The quantitative estimate of drug-likeness (QED) is 0.758. The Morgan fingerprint density at radius 1 is 1.31 bits per heavy atom. The molecule has 1 heterocycles. The van der Waals surface area contributed by atoms with Gasteiger partial charge in [-0.1, -0.05) is 37.0 Å². The summed E-state index contributed by atoms with van der Waals surface area (Å²) >= 11 is 0. The SMILES string of the molecule is COCn1nnc2c([Si](C)(C)C)cccc21. The molecule has 2 aromatic rings. The Labute approximate surface area is 96.2 Å². The largest absolute Gasteiger partial charge is 0.362 e. The summed E-state index contributed by atoms with van der Waals surface area (Å²) in [6.45, 7) is 7.40. The lowest BCUT2D eigenvalue weighted by Crippen LogP contribution is -2.38. The Morgan fingerprint density at radius 3 is 2.69 bits per heavy atom. The highest BCUT2D eigenvalue weighted by molar-refractivity contribution is 6.90. The van der Waals surface area contributed by atoms with Crippen molar-refractivity contribution in [1.29, 1.82) is 0 Å². The average molecular weight is 235 g/mol. The van der Waals surface area contributed by atoms with Crippen LogP contribution >= 0.6 is 0 Å². The van der Waals surface area contributed by atoms with Crippen LogP contribution < -0.4 is 5.19 Å². The summed E-state index contributed by atoms with van der Waals surface area (Å²) in [5, 5.41) is 9.75. The number of methoxy groups -OCH3 is 1. The van der Waals surface area contributed by atoms with Crippen LogP contribution in [0.1, 0.15) is 0 Å². The van der Waals surface area contributed by atoms with Gasteiger partial charge in [-0.2, -0.15) is 0 Å². The molecule has 1 aromatic heterocycles. The third kappa shape index (κ3) is 1.88. The van der Waals surface area contributed by atoms with Gasteiger partial charge in [-0.25, -0.2) is 4.68 Å². The molecule has 0 aliphatic carbocycles. The minimum Gasteiger partial charge on any atom is -0.362 e. The first-order valence-corrected chi connectivity index (χ1v) is 8.85. The fraction of sp³-hybridized carbons (Fsp3) is 0.455. The zero-order valence-corrected chi connectivity index (χ0v) is 11.2. The van der Waals surface area contributed by atoms with Crippen LogP contribution in [-0.2, 0) is 11.5 Å². The summed E-state index contributed by atoms with van der Waals surface area (Å²) in [7, 11) is 0.299. The zero-order chi connectivity index (χ0) is 11.8. The van der Waals surface area contributed by atoms with E-state index in [1.54, 1.807) is 11.8 Å². The summed E-state index contributed by atoms with van der Waals surface area (Å²) in [5.41, 5.74) is 2.08. The van der Waals surface area contributed by atoms with Gasteiger partial charge in [0.2, 0.25) is 0 Å². The molecule has 2 rings (SSSR count). The van der Waals surface area contributed by atoms with Crippen molar-refractivity contribution in [3.8, 4) is 0 Å². The predicted molar refractivity (Wildman–Crippen MR) is 67.5 cm³/mol. The number of ether oxygens (including phenoxy) is 1. The molecule has 4 nitrogen and oxygen atoms in total. The van der Waals surface area contributed by atoms with E-state index in [1.807, 2.05) is 6.07 Å². The van der Waals surface area contributed by atoms with Crippen molar-refractivity contribution < 1.29 is 4.74 Å². The van der Waals surface area contributed by atoms with E-state index >= 15 is 0 Å². The van der Waals surface area contributed by atoms with Crippen LogP contribution in [0.2, 0.25) is 19.6 Å². The highest BCUT2D eigenvalue weighted by atomic mass is 28.3. The smallest absolute Gasteiger partial charge is 0.141 e. The number of hydrogen-bond donors (Lipinski definition) is 0. The van der Waals surface area contributed by atoms with Crippen molar-refractivity contribution >= 4 is 24.3 Å². The second-order valence-electron chi connectivity index (χ2n) is 4.93. The van der Waals surface area contributed by atoms with E-state index in [1.165, 1.54) is 5.19 Å². The van der Waals surface area contributed by atoms with Gasteiger partial charge >= 0.3 is 0 Å². The number of rotatable bonds is 3. The minimum atomic E-state index is -1.36. The monoisotopic (exact) mass is 235 g/mol. The molecule has 0 amide bonds. The number of aromatic nitrogens is 3. The van der Waals surface area contributed by atoms with Crippen LogP contribution in [0.4, 0.5) is 0 Å². The van der Waals surface area contributed by atoms with E-state index in [9.17, 15) is 0 Å². The van der Waals surface area contributed by atoms with Gasteiger partial charge < -0.3 is 4.74 Å². The molecule has 0 aliphatic rings. The molecule has 0 radical (unpaired) electrons. The van der Waals surface area contributed by atoms with Gasteiger partial charge in [0, 0.05) is 7.11 Å². The van der Waals surface area contributed by atoms with Crippen molar-refractivity contribution in [2.24, 2.45) is 0 Å². The third-order valence-corrected chi connectivity index (χ3v) is 4.62. The van der Waals surface area contributed by atoms with Gasteiger partial charge in [-0.3, -0.25) is 0 Å². The Morgan fingerprint density at radius 2 is 2.06 bits per heavy atom. The summed E-state index contributed by atoms with van der Waals surface area (Å²) < 4.78 is 6.88. The third-order valence-electron chi connectivity index (χ3n) is 2.60. The second-order valence-corrected chi connectivity index (χ2v) is 9.97. The van der Waals surface area contributed by atoms with Crippen LogP contribution in [0.15, 0.2) is 18.2 Å². The van der Waals surface area contributed by atoms with Gasteiger partial charge in [0.15, 0.2) is 0 Å². The average Bonchev–Trinajstić information content (AvgIpc) is 2.61. The van der Waals surface area contributed by atoms with Crippen LogP contribution in [0.25, 0.3) is 11.0 Å². The summed E-state index contributed by atoms with van der Waals surface area (Å²) in [4.78, 5) is 0. The van der Waals surface area contributed by atoms with Crippen molar-refractivity contribution in [1.82, 2.24) is 15.0 Å².